The lowest BCUT2D eigenvalue weighted by Crippen LogP contribution is -2.48. The highest BCUT2D eigenvalue weighted by Crippen LogP contribution is 2.29. The molecule has 1 heterocycles. The van der Waals surface area contributed by atoms with Crippen LogP contribution >= 0.6 is 11.6 Å². The number of nitrogens with zero attached hydrogens (tertiary/aromatic N) is 2. The first-order valence-corrected chi connectivity index (χ1v) is 18.0. The number of nitrogens with one attached hydrogen (secondary N) is 2. The van der Waals surface area contributed by atoms with Gasteiger partial charge in [-0.15, -0.1) is 0 Å². The maximum absolute atomic E-state index is 14.3. The number of carbonyl (C=O) groups excluding carboxylic acids is 2. The smallest absolute Gasteiger partial charge is 0.323 e. The van der Waals surface area contributed by atoms with Crippen LogP contribution in [0.15, 0.2) is 71.6 Å². The highest BCUT2D eigenvalue weighted by atomic mass is 35.5. The summed E-state index contributed by atoms with van der Waals surface area (Å²) in [6, 6.07) is 14.8. The number of sulfonamides is 1. The van der Waals surface area contributed by atoms with E-state index in [1.807, 2.05) is 13.8 Å². The molecule has 0 aromatic heterocycles. The van der Waals surface area contributed by atoms with Crippen LogP contribution in [0, 0.1) is 11.7 Å². The molecule has 0 saturated heterocycles. The van der Waals surface area contributed by atoms with E-state index in [-0.39, 0.29) is 42.2 Å². The zero-order valence-corrected chi connectivity index (χ0v) is 29.6. The Bertz CT molecular complexity index is 1680. The third-order valence-corrected chi connectivity index (χ3v) is 10.5. The van der Waals surface area contributed by atoms with Crippen molar-refractivity contribution in [1.29, 1.82) is 0 Å². The first-order chi connectivity index (χ1) is 23.3. The number of likely N-dealkylation sites (N-methyl/N-ethyl adjacent to an activating group) is 1. The molecule has 0 aliphatic carbocycles. The van der Waals surface area contributed by atoms with Crippen LogP contribution in [0.3, 0.4) is 0 Å². The Hall–Kier alpha value is -3.75. The van der Waals surface area contributed by atoms with Crippen LogP contribution in [0.5, 0.6) is 5.75 Å². The summed E-state index contributed by atoms with van der Waals surface area (Å²) < 4.78 is 53.9. The van der Waals surface area contributed by atoms with Crippen molar-refractivity contribution in [3.63, 3.8) is 0 Å². The Labute approximate surface area is 292 Å². The van der Waals surface area contributed by atoms with Gasteiger partial charge in [0.25, 0.3) is 5.91 Å². The number of amides is 3. The molecule has 4 rings (SSSR count). The molecule has 49 heavy (non-hydrogen) atoms. The van der Waals surface area contributed by atoms with E-state index >= 15 is 0 Å². The number of hydrogen-bond acceptors (Lipinski definition) is 7. The van der Waals surface area contributed by atoms with Crippen LogP contribution in [0.25, 0.3) is 0 Å². The van der Waals surface area contributed by atoms with Gasteiger partial charge in [0.05, 0.1) is 35.3 Å². The Balaban J connectivity index is 1.62. The van der Waals surface area contributed by atoms with E-state index < -0.39 is 39.9 Å². The number of aliphatic hydroxyl groups excluding tert-OH is 1. The molecule has 0 radical (unpaired) electrons. The molecule has 14 heteroatoms. The third-order valence-electron chi connectivity index (χ3n) is 8.37. The summed E-state index contributed by atoms with van der Waals surface area (Å²) >= 11 is 5.98. The second-order valence-electron chi connectivity index (χ2n) is 12.3. The van der Waals surface area contributed by atoms with E-state index in [2.05, 4.69) is 10.6 Å². The summed E-state index contributed by atoms with van der Waals surface area (Å²) in [6.07, 6.45) is 1.29. The molecule has 0 saturated carbocycles. The van der Waals surface area contributed by atoms with Gasteiger partial charge in [-0.3, -0.25) is 4.79 Å². The normalized spacial score (nSPS) is 20.1. The second kappa shape index (κ2) is 17.3. The highest BCUT2D eigenvalue weighted by Gasteiger charge is 2.32. The van der Waals surface area contributed by atoms with Crippen molar-refractivity contribution >= 4 is 44.9 Å². The molecule has 11 nitrogen and oxygen atoms in total. The number of aliphatic hydroxyl groups is 1. The summed E-state index contributed by atoms with van der Waals surface area (Å²) in [6.45, 7) is 5.68. The molecule has 0 spiro atoms. The Morgan fingerprint density at radius 2 is 1.71 bits per heavy atom. The minimum absolute atomic E-state index is 0.0228. The van der Waals surface area contributed by atoms with Crippen molar-refractivity contribution < 1.29 is 37.0 Å². The van der Waals surface area contributed by atoms with Gasteiger partial charge in [-0.05, 0) is 99.8 Å². The standard InChI is InChI=1S/C35H44ClFN4O7S/c1-23-20-41(24(2)22-42)34(43)31-19-29(39-35(44)38-28-12-10-27(37)11-13-28)14-17-32(31)48-25(3)7-5-6-18-47-33(23)21-40(4)49(45,46)30-15-8-26(36)9-16-30/h8-17,19,23-25,33,42H,5-7,18,20-22H2,1-4H3,(H2,38,39,44)/t23-,24+,25+,33+/m0/s1. The quantitative estimate of drug-likeness (QED) is 0.251. The van der Waals surface area contributed by atoms with Crippen molar-refractivity contribution in [3.8, 4) is 5.75 Å². The molecule has 0 bridgehead atoms. The molecule has 1 aliphatic rings. The summed E-state index contributed by atoms with van der Waals surface area (Å²) in [5, 5.41) is 16.0. The van der Waals surface area contributed by atoms with Gasteiger partial charge in [0.2, 0.25) is 10.0 Å². The van der Waals surface area contributed by atoms with Gasteiger partial charge in [0.1, 0.15) is 11.6 Å². The first-order valence-electron chi connectivity index (χ1n) is 16.2. The van der Waals surface area contributed by atoms with E-state index in [9.17, 15) is 27.5 Å². The van der Waals surface area contributed by atoms with Gasteiger partial charge >= 0.3 is 6.03 Å². The van der Waals surface area contributed by atoms with Gasteiger partial charge in [-0.25, -0.2) is 17.6 Å². The fraction of sp³-hybridized carbons (Fsp3) is 0.429. The van der Waals surface area contributed by atoms with Crippen LogP contribution in [0.1, 0.15) is 50.4 Å². The fourth-order valence-electron chi connectivity index (χ4n) is 5.43. The number of ether oxygens (including phenoxy) is 2. The van der Waals surface area contributed by atoms with Crippen LogP contribution in [0.4, 0.5) is 20.6 Å². The molecule has 3 N–H and O–H groups in total. The lowest BCUT2D eigenvalue weighted by Gasteiger charge is -2.35. The Morgan fingerprint density at radius 1 is 1.06 bits per heavy atom. The van der Waals surface area contributed by atoms with E-state index in [4.69, 9.17) is 21.1 Å². The van der Waals surface area contributed by atoms with Gasteiger partial charge in [-0.1, -0.05) is 18.5 Å². The molecule has 1 aliphatic heterocycles. The molecule has 4 atom stereocenters. The number of anilines is 2. The molecule has 0 unspecified atom stereocenters. The van der Waals surface area contributed by atoms with Gasteiger partial charge in [0.15, 0.2) is 0 Å². The lowest BCUT2D eigenvalue weighted by molar-refractivity contribution is -0.00833. The monoisotopic (exact) mass is 718 g/mol. The first kappa shape index (κ1) is 38.1. The van der Waals surface area contributed by atoms with Crippen LogP contribution < -0.4 is 15.4 Å². The maximum Gasteiger partial charge on any atom is 0.323 e. The number of halogens is 2. The predicted molar refractivity (Wildman–Crippen MR) is 187 cm³/mol. The van der Waals surface area contributed by atoms with Gasteiger partial charge < -0.3 is 30.1 Å². The van der Waals surface area contributed by atoms with E-state index in [0.29, 0.717) is 41.6 Å². The minimum Gasteiger partial charge on any atom is -0.490 e. The maximum atomic E-state index is 14.3. The summed E-state index contributed by atoms with van der Waals surface area (Å²) in [7, 11) is -2.38. The molecule has 3 aromatic carbocycles. The summed E-state index contributed by atoms with van der Waals surface area (Å²) in [5.41, 5.74) is 0.866. The molecule has 3 amide bonds. The summed E-state index contributed by atoms with van der Waals surface area (Å²) in [5.74, 6) is -0.928. The average molecular weight is 719 g/mol. The number of hydrogen-bond donors (Lipinski definition) is 3. The van der Waals surface area contributed by atoms with Crippen molar-refractivity contribution in [2.45, 2.75) is 63.2 Å². The van der Waals surface area contributed by atoms with Crippen LogP contribution in [-0.4, -0.2) is 86.3 Å². The second-order valence-corrected chi connectivity index (χ2v) is 14.8. The van der Waals surface area contributed by atoms with Crippen molar-refractivity contribution in [3.05, 3.63) is 83.1 Å². The average Bonchev–Trinajstić information content (AvgIpc) is 3.07. The fourth-order valence-corrected chi connectivity index (χ4v) is 6.74. The minimum atomic E-state index is -3.87. The van der Waals surface area contributed by atoms with Gasteiger partial charge in [0, 0.05) is 49.1 Å². The zero-order chi connectivity index (χ0) is 35.7. The van der Waals surface area contributed by atoms with E-state index in [1.54, 1.807) is 19.1 Å². The Morgan fingerprint density at radius 3 is 2.39 bits per heavy atom. The molecule has 0 fully saturated rings. The Kier molecular flexibility index (Phi) is 13.4. The van der Waals surface area contributed by atoms with Crippen LogP contribution in [0.2, 0.25) is 5.02 Å². The SMILES string of the molecule is C[C@@H]1CCCCO[C@H](CN(C)S(=O)(=O)c2ccc(Cl)cc2)[C@@H](C)CN([C@H](C)CO)C(=O)c2cc(NC(=O)Nc3ccc(F)cc3)ccc2O1. The number of benzene rings is 3. The number of rotatable bonds is 8. The predicted octanol–water partition coefficient (Wildman–Crippen LogP) is 6.24. The summed E-state index contributed by atoms with van der Waals surface area (Å²) in [4.78, 5) is 28.7. The topological polar surface area (TPSA) is 138 Å². The molecule has 3 aromatic rings. The molecule has 266 valence electrons. The zero-order valence-electron chi connectivity index (χ0n) is 28.1. The van der Waals surface area contributed by atoms with E-state index in [0.717, 1.165) is 6.42 Å². The van der Waals surface area contributed by atoms with E-state index in [1.165, 1.54) is 70.9 Å². The highest BCUT2D eigenvalue weighted by molar-refractivity contribution is 7.89. The molecular weight excluding hydrogens is 675 g/mol. The number of urea groups is 1. The number of fused-ring (bicyclic) bond motifs is 1. The van der Waals surface area contributed by atoms with Gasteiger partial charge in [-0.2, -0.15) is 4.31 Å². The molecular formula is C35H44ClFN4O7S. The lowest BCUT2D eigenvalue weighted by atomic mass is 10.0. The third kappa shape index (κ3) is 10.4. The number of carbonyl (C=O) groups is 2. The largest absolute Gasteiger partial charge is 0.490 e. The van der Waals surface area contributed by atoms with Crippen molar-refractivity contribution in [2.24, 2.45) is 5.92 Å². The van der Waals surface area contributed by atoms with Crippen molar-refractivity contribution in [2.75, 3.05) is 44.0 Å². The van der Waals surface area contributed by atoms with Crippen LogP contribution in [-0.2, 0) is 14.8 Å². The van der Waals surface area contributed by atoms with Crippen molar-refractivity contribution in [1.82, 2.24) is 9.21 Å².